The first-order chi connectivity index (χ1) is 16.7. The van der Waals surface area contributed by atoms with Crippen molar-refractivity contribution in [3.63, 3.8) is 0 Å². The van der Waals surface area contributed by atoms with Crippen LogP contribution in [0.2, 0.25) is 0 Å². The van der Waals surface area contributed by atoms with Gasteiger partial charge in [0.05, 0.1) is 13.7 Å². The largest absolute Gasteiger partial charge is 0.497 e. The molecule has 35 heavy (non-hydrogen) atoms. The third-order valence-electron chi connectivity index (χ3n) is 6.45. The van der Waals surface area contributed by atoms with Crippen LogP contribution in [0.5, 0.6) is 5.75 Å². The molecule has 1 atom stereocenters. The molecule has 9 heteroatoms. The van der Waals surface area contributed by atoms with Gasteiger partial charge >= 0.3 is 0 Å². The SMILES string of the molecule is COc1cccc(C(=O)N2CCC3(CC2)OC[C@H](C(=O)NC(C)C)N3C(=O)c2ccc(F)cc2)c1. The first-order valence-electron chi connectivity index (χ1n) is 11.7. The molecule has 2 aliphatic rings. The fourth-order valence-corrected chi connectivity index (χ4v) is 4.68. The number of ether oxygens (including phenoxy) is 2. The molecule has 2 saturated heterocycles. The molecular formula is C26H30FN3O5. The molecule has 3 amide bonds. The Hall–Kier alpha value is -3.46. The standard InChI is InChI=1S/C26H30FN3O5/c1-17(2)28-23(31)22-16-35-26(30(22)25(33)18-7-9-20(27)10-8-18)11-13-29(14-12-26)24(32)19-5-4-6-21(15-19)34-3/h4-10,15,17,22H,11-14,16H2,1-3H3,(H,28,31)/t22-/m1/s1. The van der Waals surface area contributed by atoms with Gasteiger partial charge in [-0.05, 0) is 56.3 Å². The predicted molar refractivity (Wildman–Crippen MR) is 126 cm³/mol. The minimum atomic E-state index is -1.03. The molecule has 2 heterocycles. The number of likely N-dealkylation sites (tertiary alicyclic amines) is 1. The summed E-state index contributed by atoms with van der Waals surface area (Å²) < 4.78 is 24.9. The Labute approximate surface area is 204 Å². The monoisotopic (exact) mass is 483 g/mol. The van der Waals surface area contributed by atoms with Crippen LogP contribution in [0.1, 0.15) is 47.4 Å². The van der Waals surface area contributed by atoms with Crippen molar-refractivity contribution in [3.8, 4) is 5.75 Å². The Morgan fingerprint density at radius 1 is 1.06 bits per heavy atom. The molecular weight excluding hydrogens is 453 g/mol. The number of piperidine rings is 1. The van der Waals surface area contributed by atoms with Gasteiger partial charge in [-0.1, -0.05) is 6.07 Å². The van der Waals surface area contributed by atoms with Crippen molar-refractivity contribution in [2.75, 3.05) is 26.8 Å². The molecule has 0 bridgehead atoms. The Bertz CT molecular complexity index is 1100. The number of nitrogens with one attached hydrogen (secondary N) is 1. The second-order valence-electron chi connectivity index (χ2n) is 9.14. The molecule has 0 radical (unpaired) electrons. The van der Waals surface area contributed by atoms with Crippen molar-refractivity contribution in [1.29, 1.82) is 0 Å². The van der Waals surface area contributed by atoms with Gasteiger partial charge in [-0.25, -0.2) is 4.39 Å². The number of amides is 3. The van der Waals surface area contributed by atoms with Crippen molar-refractivity contribution in [1.82, 2.24) is 15.1 Å². The van der Waals surface area contributed by atoms with Crippen LogP contribution in [-0.4, -0.2) is 72.1 Å². The third kappa shape index (κ3) is 5.00. The molecule has 186 valence electrons. The van der Waals surface area contributed by atoms with Crippen LogP contribution >= 0.6 is 0 Å². The number of halogens is 1. The molecule has 1 spiro atoms. The topological polar surface area (TPSA) is 88.2 Å². The molecule has 0 saturated carbocycles. The van der Waals surface area contributed by atoms with E-state index in [1.54, 1.807) is 36.3 Å². The molecule has 2 aromatic rings. The summed E-state index contributed by atoms with van der Waals surface area (Å²) in [7, 11) is 1.55. The molecule has 2 fully saturated rings. The lowest BCUT2D eigenvalue weighted by Crippen LogP contribution is -2.60. The number of methoxy groups -OCH3 is 1. The summed E-state index contributed by atoms with van der Waals surface area (Å²) in [6.45, 7) is 4.44. The number of carbonyl (C=O) groups excluding carboxylic acids is 3. The van der Waals surface area contributed by atoms with Gasteiger partial charge in [0.2, 0.25) is 5.91 Å². The van der Waals surface area contributed by atoms with Crippen LogP contribution in [0.3, 0.4) is 0 Å². The van der Waals surface area contributed by atoms with E-state index in [9.17, 15) is 18.8 Å². The summed E-state index contributed by atoms with van der Waals surface area (Å²) in [5, 5.41) is 2.86. The molecule has 2 aliphatic heterocycles. The lowest BCUT2D eigenvalue weighted by Gasteiger charge is -2.44. The Kier molecular flexibility index (Phi) is 7.07. The maximum absolute atomic E-state index is 13.6. The lowest BCUT2D eigenvalue weighted by molar-refractivity contribution is -0.128. The zero-order valence-electron chi connectivity index (χ0n) is 20.1. The van der Waals surface area contributed by atoms with E-state index in [2.05, 4.69) is 5.32 Å². The van der Waals surface area contributed by atoms with E-state index in [1.807, 2.05) is 13.8 Å². The van der Waals surface area contributed by atoms with Gasteiger partial charge < -0.3 is 19.7 Å². The molecule has 8 nitrogen and oxygen atoms in total. The van der Waals surface area contributed by atoms with Gasteiger partial charge in [0.25, 0.3) is 11.8 Å². The number of rotatable bonds is 5. The summed E-state index contributed by atoms with van der Waals surface area (Å²) >= 11 is 0. The molecule has 0 unspecified atom stereocenters. The molecule has 2 aromatic carbocycles. The Morgan fingerprint density at radius 2 is 1.74 bits per heavy atom. The molecule has 0 aromatic heterocycles. The minimum Gasteiger partial charge on any atom is -0.497 e. The molecule has 4 rings (SSSR count). The summed E-state index contributed by atoms with van der Waals surface area (Å²) in [5.74, 6) is -0.700. The van der Waals surface area contributed by atoms with Gasteiger partial charge in [0.15, 0.2) is 0 Å². The van der Waals surface area contributed by atoms with E-state index >= 15 is 0 Å². The van der Waals surface area contributed by atoms with Gasteiger partial charge in [0.1, 0.15) is 23.3 Å². The van der Waals surface area contributed by atoms with E-state index < -0.39 is 23.5 Å². The highest BCUT2D eigenvalue weighted by molar-refractivity contribution is 5.98. The number of hydrogen-bond donors (Lipinski definition) is 1. The zero-order chi connectivity index (χ0) is 25.2. The smallest absolute Gasteiger partial charge is 0.256 e. The van der Waals surface area contributed by atoms with E-state index in [0.717, 1.165) is 0 Å². The highest BCUT2D eigenvalue weighted by Crippen LogP contribution is 2.39. The van der Waals surface area contributed by atoms with Crippen LogP contribution < -0.4 is 10.1 Å². The molecule has 1 N–H and O–H groups in total. The van der Waals surface area contributed by atoms with E-state index in [1.165, 1.54) is 29.2 Å². The predicted octanol–water partition coefficient (Wildman–Crippen LogP) is 2.83. The van der Waals surface area contributed by atoms with Crippen LogP contribution in [0, 0.1) is 5.82 Å². The maximum atomic E-state index is 13.6. The van der Waals surface area contributed by atoms with Gasteiger partial charge in [-0.15, -0.1) is 0 Å². The highest BCUT2D eigenvalue weighted by Gasteiger charge is 2.54. The summed E-state index contributed by atoms with van der Waals surface area (Å²) in [5.41, 5.74) is -0.245. The number of nitrogens with zero attached hydrogens (tertiary/aromatic N) is 2. The first kappa shape index (κ1) is 24.7. The lowest BCUT2D eigenvalue weighted by atomic mass is 9.96. The zero-order valence-corrected chi connectivity index (χ0v) is 20.1. The van der Waals surface area contributed by atoms with Crippen LogP contribution in [-0.2, 0) is 9.53 Å². The second-order valence-corrected chi connectivity index (χ2v) is 9.14. The first-order valence-corrected chi connectivity index (χ1v) is 11.7. The minimum absolute atomic E-state index is 0.0509. The Balaban J connectivity index is 1.57. The normalized spacial score (nSPS) is 19.2. The van der Waals surface area contributed by atoms with E-state index in [4.69, 9.17) is 9.47 Å². The highest BCUT2D eigenvalue weighted by atomic mass is 19.1. The quantitative estimate of drug-likeness (QED) is 0.707. The van der Waals surface area contributed by atoms with Gasteiger partial charge in [-0.2, -0.15) is 0 Å². The Morgan fingerprint density at radius 3 is 2.37 bits per heavy atom. The average molecular weight is 484 g/mol. The van der Waals surface area contributed by atoms with Crippen LogP contribution in [0.4, 0.5) is 4.39 Å². The van der Waals surface area contributed by atoms with Gasteiger partial charge in [0, 0.05) is 43.1 Å². The summed E-state index contributed by atoms with van der Waals surface area (Å²) in [6.07, 6.45) is 0.697. The number of hydrogen-bond acceptors (Lipinski definition) is 5. The van der Waals surface area contributed by atoms with Crippen molar-refractivity contribution < 1.29 is 28.2 Å². The third-order valence-corrected chi connectivity index (χ3v) is 6.45. The van der Waals surface area contributed by atoms with Crippen LogP contribution in [0.25, 0.3) is 0 Å². The van der Waals surface area contributed by atoms with Gasteiger partial charge in [-0.3, -0.25) is 19.3 Å². The second kappa shape index (κ2) is 10.0. The number of carbonyl (C=O) groups is 3. The average Bonchev–Trinajstić information content (AvgIpc) is 3.22. The fourth-order valence-electron chi connectivity index (χ4n) is 4.68. The molecule has 0 aliphatic carbocycles. The number of benzene rings is 2. The van der Waals surface area contributed by atoms with E-state index in [-0.39, 0.29) is 30.0 Å². The van der Waals surface area contributed by atoms with Crippen LogP contribution in [0.15, 0.2) is 48.5 Å². The summed E-state index contributed by atoms with van der Waals surface area (Å²) in [4.78, 5) is 42.9. The van der Waals surface area contributed by atoms with E-state index in [0.29, 0.717) is 37.2 Å². The van der Waals surface area contributed by atoms with Crippen molar-refractivity contribution in [2.45, 2.75) is 44.5 Å². The van der Waals surface area contributed by atoms with Crippen molar-refractivity contribution >= 4 is 17.7 Å². The van der Waals surface area contributed by atoms with Crippen molar-refractivity contribution in [2.24, 2.45) is 0 Å². The fraction of sp³-hybridized carbons (Fsp3) is 0.423. The maximum Gasteiger partial charge on any atom is 0.256 e. The summed E-state index contributed by atoms with van der Waals surface area (Å²) in [6, 6.07) is 11.3. The van der Waals surface area contributed by atoms with Crippen molar-refractivity contribution in [3.05, 3.63) is 65.5 Å².